The molecule has 0 radical (unpaired) electrons. The lowest BCUT2D eigenvalue weighted by Gasteiger charge is -2.40. The van der Waals surface area contributed by atoms with Crippen molar-refractivity contribution in [3.05, 3.63) is 6.33 Å². The maximum atomic E-state index is 5.87. The van der Waals surface area contributed by atoms with E-state index >= 15 is 0 Å². The molecule has 2 heterocycles. The molecule has 1 saturated carbocycles. The molecular weight excluding hydrogens is 276 g/mol. The van der Waals surface area contributed by atoms with Crippen molar-refractivity contribution >= 4 is 11.8 Å². The van der Waals surface area contributed by atoms with Crippen molar-refractivity contribution in [1.29, 1.82) is 0 Å². The first-order chi connectivity index (χ1) is 9.81. The molecule has 1 saturated heterocycles. The van der Waals surface area contributed by atoms with Gasteiger partial charge in [0.2, 0.25) is 0 Å². The Morgan fingerprint density at radius 1 is 1.50 bits per heavy atom. The van der Waals surface area contributed by atoms with Gasteiger partial charge in [-0.2, -0.15) is 5.10 Å². The van der Waals surface area contributed by atoms with Crippen LogP contribution >= 0.6 is 11.8 Å². The molecule has 20 heavy (non-hydrogen) atoms. The van der Waals surface area contributed by atoms with E-state index in [4.69, 9.17) is 9.47 Å². The molecule has 3 rings (SSSR count). The lowest BCUT2D eigenvalue weighted by atomic mass is 9.89. The third kappa shape index (κ3) is 3.16. The molecule has 2 atom stereocenters. The average Bonchev–Trinajstić information content (AvgIpc) is 3.11. The molecule has 0 bridgehead atoms. The van der Waals surface area contributed by atoms with Crippen molar-refractivity contribution in [3.8, 4) is 0 Å². The van der Waals surface area contributed by atoms with Crippen LogP contribution in [0.2, 0.25) is 0 Å². The second-order valence-electron chi connectivity index (χ2n) is 5.36. The van der Waals surface area contributed by atoms with E-state index in [2.05, 4.69) is 27.4 Å². The van der Waals surface area contributed by atoms with Gasteiger partial charge in [0.1, 0.15) is 6.33 Å². The van der Waals surface area contributed by atoms with Crippen LogP contribution in [0.1, 0.15) is 32.6 Å². The number of hydrogen-bond donors (Lipinski definition) is 2. The average molecular weight is 298 g/mol. The van der Waals surface area contributed by atoms with Gasteiger partial charge >= 0.3 is 0 Å². The fraction of sp³-hybridized carbons (Fsp3) is 0.846. The van der Waals surface area contributed by atoms with Gasteiger partial charge in [0.25, 0.3) is 0 Å². The van der Waals surface area contributed by atoms with Crippen molar-refractivity contribution in [2.45, 2.75) is 54.8 Å². The normalized spacial score (nSPS) is 29.1. The zero-order valence-corrected chi connectivity index (χ0v) is 12.6. The highest BCUT2D eigenvalue weighted by atomic mass is 32.2. The van der Waals surface area contributed by atoms with E-state index in [1.165, 1.54) is 0 Å². The largest absolute Gasteiger partial charge is 0.347 e. The van der Waals surface area contributed by atoms with Gasteiger partial charge < -0.3 is 14.8 Å². The minimum Gasteiger partial charge on any atom is -0.347 e. The zero-order chi connectivity index (χ0) is 13.8. The lowest BCUT2D eigenvalue weighted by Crippen LogP contribution is -2.49. The molecule has 1 aliphatic heterocycles. The monoisotopic (exact) mass is 298 g/mol. The summed E-state index contributed by atoms with van der Waals surface area (Å²) in [6.45, 7) is 4.67. The molecule has 7 heteroatoms. The van der Waals surface area contributed by atoms with Crippen LogP contribution in [0.15, 0.2) is 11.5 Å². The Bertz CT molecular complexity index is 409. The summed E-state index contributed by atoms with van der Waals surface area (Å²) < 4.78 is 11.7. The van der Waals surface area contributed by atoms with Gasteiger partial charge in [-0.05, 0) is 19.4 Å². The molecule has 6 nitrogen and oxygen atoms in total. The van der Waals surface area contributed by atoms with Crippen LogP contribution in [0.3, 0.4) is 0 Å². The predicted molar refractivity (Wildman–Crippen MR) is 76.6 cm³/mol. The Morgan fingerprint density at radius 2 is 2.35 bits per heavy atom. The highest BCUT2D eigenvalue weighted by Gasteiger charge is 2.45. The number of aromatic amines is 1. The highest BCUT2D eigenvalue weighted by Crippen LogP contribution is 2.41. The van der Waals surface area contributed by atoms with Gasteiger partial charge in [-0.3, -0.25) is 5.10 Å². The summed E-state index contributed by atoms with van der Waals surface area (Å²) >= 11 is 1.74. The predicted octanol–water partition coefficient (Wildman–Crippen LogP) is 1.56. The van der Waals surface area contributed by atoms with Gasteiger partial charge in [-0.1, -0.05) is 18.7 Å². The Labute approximate surface area is 123 Å². The number of hydrogen-bond acceptors (Lipinski definition) is 6. The molecule has 1 spiro atoms. The summed E-state index contributed by atoms with van der Waals surface area (Å²) in [5, 5.41) is 11.8. The Hall–Kier alpha value is -0.630. The Kier molecular flexibility index (Phi) is 4.60. The van der Waals surface area contributed by atoms with Crippen molar-refractivity contribution in [2.24, 2.45) is 0 Å². The molecule has 2 fully saturated rings. The maximum Gasteiger partial charge on any atom is 0.183 e. The number of aromatic nitrogens is 3. The molecule has 1 aromatic rings. The molecule has 2 N–H and O–H groups in total. The van der Waals surface area contributed by atoms with Gasteiger partial charge in [0, 0.05) is 24.1 Å². The minimum absolute atomic E-state index is 0.359. The third-order valence-corrected chi connectivity index (χ3v) is 5.14. The van der Waals surface area contributed by atoms with Crippen molar-refractivity contribution in [1.82, 2.24) is 20.5 Å². The second kappa shape index (κ2) is 6.43. The van der Waals surface area contributed by atoms with Gasteiger partial charge in [0.05, 0.1) is 13.2 Å². The number of ether oxygens (including phenoxy) is 2. The lowest BCUT2D eigenvalue weighted by molar-refractivity contribution is -0.178. The van der Waals surface area contributed by atoms with Crippen LogP contribution in [-0.4, -0.2) is 52.0 Å². The van der Waals surface area contributed by atoms with Crippen molar-refractivity contribution in [3.63, 3.8) is 0 Å². The first-order valence-electron chi connectivity index (χ1n) is 7.35. The Morgan fingerprint density at radius 3 is 3.05 bits per heavy atom. The second-order valence-corrected chi connectivity index (χ2v) is 6.59. The molecule has 1 aliphatic carbocycles. The minimum atomic E-state index is -0.359. The van der Waals surface area contributed by atoms with Crippen LogP contribution in [0.4, 0.5) is 0 Å². The van der Waals surface area contributed by atoms with E-state index in [1.807, 2.05) is 0 Å². The molecule has 2 aliphatic rings. The summed E-state index contributed by atoms with van der Waals surface area (Å²) in [6.07, 6.45) is 5.65. The summed E-state index contributed by atoms with van der Waals surface area (Å²) in [4.78, 5) is 4.23. The number of H-pyrrole nitrogens is 1. The van der Waals surface area contributed by atoms with Crippen LogP contribution in [0, 0.1) is 0 Å². The summed E-state index contributed by atoms with van der Waals surface area (Å²) in [5.74, 6) is -0.359. The fourth-order valence-corrected chi connectivity index (χ4v) is 4.19. The number of rotatable bonds is 5. The van der Waals surface area contributed by atoms with Crippen LogP contribution in [0.25, 0.3) is 0 Å². The summed E-state index contributed by atoms with van der Waals surface area (Å²) in [7, 11) is 0. The quantitative estimate of drug-likeness (QED) is 0.859. The van der Waals surface area contributed by atoms with E-state index in [-0.39, 0.29) is 5.79 Å². The maximum absolute atomic E-state index is 5.87. The number of nitrogens with zero attached hydrogens (tertiary/aromatic N) is 2. The molecule has 0 aromatic carbocycles. The van der Waals surface area contributed by atoms with E-state index < -0.39 is 0 Å². The van der Waals surface area contributed by atoms with Crippen LogP contribution in [-0.2, 0) is 9.47 Å². The summed E-state index contributed by atoms with van der Waals surface area (Å²) in [6, 6.07) is 0.475. The standard InChI is InChI=1S/C13H22N4O2S/c1-2-5-14-10-3-4-13(18-6-7-19-13)8-11(10)20-12-15-9-16-17-12/h9-11,14H,2-8H2,1H3,(H,15,16,17). The number of thioether (sulfide) groups is 1. The molecule has 2 unspecified atom stereocenters. The van der Waals surface area contributed by atoms with Crippen LogP contribution in [0.5, 0.6) is 0 Å². The van der Waals surface area contributed by atoms with Gasteiger partial charge in [-0.25, -0.2) is 4.98 Å². The fourth-order valence-electron chi connectivity index (χ4n) is 2.95. The van der Waals surface area contributed by atoms with Crippen molar-refractivity contribution < 1.29 is 9.47 Å². The molecule has 112 valence electrons. The topological polar surface area (TPSA) is 72.1 Å². The van der Waals surface area contributed by atoms with Gasteiger partial charge in [0.15, 0.2) is 10.9 Å². The SMILES string of the molecule is CCCNC1CCC2(CC1Sc1ncn[nH]1)OCCO2. The van der Waals surface area contributed by atoms with E-state index in [0.29, 0.717) is 24.5 Å². The highest BCUT2D eigenvalue weighted by molar-refractivity contribution is 7.99. The smallest absolute Gasteiger partial charge is 0.183 e. The van der Waals surface area contributed by atoms with E-state index in [0.717, 1.165) is 37.4 Å². The molecule has 0 amide bonds. The summed E-state index contributed by atoms with van der Waals surface area (Å²) in [5.41, 5.74) is 0. The first kappa shape index (κ1) is 14.3. The van der Waals surface area contributed by atoms with Gasteiger partial charge in [-0.15, -0.1) is 0 Å². The third-order valence-electron chi connectivity index (χ3n) is 3.92. The molecule has 1 aromatic heterocycles. The van der Waals surface area contributed by atoms with Crippen molar-refractivity contribution in [2.75, 3.05) is 19.8 Å². The first-order valence-corrected chi connectivity index (χ1v) is 8.22. The molecular formula is C13H22N4O2S. The van der Waals surface area contributed by atoms with E-state index in [1.54, 1.807) is 18.1 Å². The van der Waals surface area contributed by atoms with Crippen LogP contribution < -0.4 is 5.32 Å². The zero-order valence-electron chi connectivity index (χ0n) is 11.8. The number of nitrogens with one attached hydrogen (secondary N) is 2. The van der Waals surface area contributed by atoms with E-state index in [9.17, 15) is 0 Å². The Balaban J connectivity index is 1.68.